The van der Waals surface area contributed by atoms with Crippen molar-refractivity contribution >= 4 is 75.7 Å². The number of pyridine rings is 1. The van der Waals surface area contributed by atoms with Crippen LogP contribution in [0.5, 0.6) is 0 Å². The van der Waals surface area contributed by atoms with Gasteiger partial charge in [0.15, 0.2) is 0 Å². The first kappa shape index (κ1) is 16.7. The Morgan fingerprint density at radius 2 is 1.90 bits per heavy atom. The second kappa shape index (κ2) is 8.08. The van der Waals surface area contributed by atoms with Gasteiger partial charge in [-0.25, -0.2) is 0 Å². The first-order chi connectivity index (χ1) is 10.2. The van der Waals surface area contributed by atoms with E-state index < -0.39 is 0 Å². The number of benzene rings is 1. The lowest BCUT2D eigenvalue weighted by Crippen LogP contribution is -1.90. The van der Waals surface area contributed by atoms with Crippen molar-refractivity contribution < 1.29 is 0 Å². The van der Waals surface area contributed by atoms with Gasteiger partial charge in [0.2, 0.25) is 0 Å². The van der Waals surface area contributed by atoms with Crippen molar-refractivity contribution in [2.45, 2.75) is 0 Å². The van der Waals surface area contributed by atoms with Crippen molar-refractivity contribution in [3.05, 3.63) is 57.3 Å². The molecule has 21 heavy (non-hydrogen) atoms. The summed E-state index contributed by atoms with van der Waals surface area (Å²) in [7, 11) is 0. The molecule has 0 radical (unpaired) electrons. The first-order valence-corrected chi connectivity index (χ1v) is 10.8. The number of nitrogens with zero attached hydrogens (tertiary/aromatic N) is 1. The van der Waals surface area contributed by atoms with E-state index in [2.05, 4.69) is 32.1 Å². The number of hydrogen-bond acceptors (Lipinski definition) is 3. The summed E-state index contributed by atoms with van der Waals surface area (Å²) in [6.07, 6.45) is 8.81. The van der Waals surface area contributed by atoms with E-state index in [1.165, 1.54) is 6.21 Å². The average Bonchev–Trinajstić information content (AvgIpc) is 2.47. The maximum atomic E-state index is 7.40. The Balaban J connectivity index is 2.33. The molecule has 0 saturated carbocycles. The highest BCUT2D eigenvalue weighted by Crippen LogP contribution is 2.29. The summed E-state index contributed by atoms with van der Waals surface area (Å²) in [4.78, 5) is 3.93. The molecule has 3 nitrogen and oxygen atoms in total. The number of hydrogen-bond donors (Lipinski definition) is 2. The minimum atomic E-state index is 0.516. The van der Waals surface area contributed by atoms with Crippen LogP contribution in [0, 0.1) is 5.41 Å². The maximum Gasteiger partial charge on any atom is 0.0676 e. The fourth-order valence-corrected chi connectivity index (χ4v) is 3.40. The molecule has 0 fully saturated rings. The van der Waals surface area contributed by atoms with Gasteiger partial charge in [0.25, 0.3) is 0 Å². The van der Waals surface area contributed by atoms with Crippen LogP contribution >= 0.6 is 51.6 Å². The van der Waals surface area contributed by atoms with Crippen molar-refractivity contribution in [2.75, 3.05) is 5.09 Å². The molecule has 0 amide bonds. The van der Waals surface area contributed by atoms with Crippen LogP contribution in [0.2, 0.25) is 10.0 Å². The zero-order chi connectivity index (χ0) is 15.2. The second-order valence-corrected chi connectivity index (χ2v) is 6.93. The van der Waals surface area contributed by atoms with E-state index in [0.717, 1.165) is 22.4 Å². The van der Waals surface area contributed by atoms with Crippen molar-refractivity contribution in [3.8, 4) is 0 Å². The van der Waals surface area contributed by atoms with Crippen LogP contribution in [0.25, 0.3) is 12.2 Å². The SMILES string of the molecule is N=Cc1ccc(/C=C/c2c(Cl)cncc2Cl)cc1NPI. The quantitative estimate of drug-likeness (QED) is 0.338. The first-order valence-electron chi connectivity index (χ1n) is 5.89. The predicted molar refractivity (Wildman–Crippen MR) is 103 cm³/mol. The van der Waals surface area contributed by atoms with Gasteiger partial charge in [0.05, 0.1) is 10.0 Å². The highest BCUT2D eigenvalue weighted by Gasteiger charge is 2.03. The fraction of sp³-hybridized carbons (Fsp3) is 0. The molecule has 2 N–H and O–H groups in total. The van der Waals surface area contributed by atoms with E-state index >= 15 is 0 Å². The molecule has 1 heterocycles. The molecule has 0 saturated heterocycles. The van der Waals surface area contributed by atoms with E-state index in [4.69, 9.17) is 28.6 Å². The van der Waals surface area contributed by atoms with Crippen LogP contribution < -0.4 is 5.09 Å². The van der Waals surface area contributed by atoms with Crippen molar-refractivity contribution in [3.63, 3.8) is 0 Å². The Labute approximate surface area is 148 Å². The van der Waals surface area contributed by atoms with Gasteiger partial charge in [-0.15, -0.1) is 0 Å². The van der Waals surface area contributed by atoms with Crippen LogP contribution in [-0.4, -0.2) is 11.2 Å². The highest BCUT2D eigenvalue weighted by atomic mass is 127. The minimum absolute atomic E-state index is 0.516. The Morgan fingerprint density at radius 1 is 1.19 bits per heavy atom. The molecule has 2 rings (SSSR count). The number of anilines is 1. The lowest BCUT2D eigenvalue weighted by molar-refractivity contribution is 1.32. The maximum absolute atomic E-state index is 7.40. The van der Waals surface area contributed by atoms with Crippen molar-refractivity contribution in [1.82, 2.24) is 4.98 Å². The van der Waals surface area contributed by atoms with E-state index in [1.807, 2.05) is 30.4 Å². The number of nitrogens with one attached hydrogen (secondary N) is 2. The normalized spacial score (nSPS) is 11.4. The third-order valence-corrected chi connectivity index (χ3v) is 4.52. The smallest absolute Gasteiger partial charge is 0.0676 e. The van der Waals surface area contributed by atoms with Gasteiger partial charge in [-0.1, -0.05) is 47.5 Å². The Morgan fingerprint density at radius 3 is 2.52 bits per heavy atom. The molecule has 0 aliphatic rings. The standard InChI is InChI=1S/C14H11Cl2IN3P/c15-12-7-19-8-13(16)11(12)4-2-9-1-3-10(6-18)14(5-9)20-21-17/h1-8,18,20-21H/b4-2+,18-6?. The molecule has 2 aromatic rings. The van der Waals surface area contributed by atoms with Crippen molar-refractivity contribution in [1.29, 1.82) is 5.41 Å². The molecular formula is C14H11Cl2IN3P. The summed E-state index contributed by atoms with van der Waals surface area (Å²) in [6, 6.07) is 5.84. The number of rotatable bonds is 5. The third kappa shape index (κ3) is 4.39. The van der Waals surface area contributed by atoms with Gasteiger partial charge in [-0.3, -0.25) is 4.98 Å². The molecule has 1 atom stereocenters. The van der Waals surface area contributed by atoms with E-state index in [1.54, 1.807) is 12.4 Å². The van der Waals surface area contributed by atoms with Crippen LogP contribution in [0.3, 0.4) is 0 Å². The van der Waals surface area contributed by atoms with Gasteiger partial charge in [0, 0.05) is 41.8 Å². The van der Waals surface area contributed by atoms with Crippen LogP contribution in [0.4, 0.5) is 5.69 Å². The molecule has 0 aliphatic carbocycles. The van der Waals surface area contributed by atoms with Crippen LogP contribution in [-0.2, 0) is 0 Å². The molecule has 0 aliphatic heterocycles. The summed E-state index contributed by atoms with van der Waals surface area (Å²) in [6.45, 7) is 0. The summed E-state index contributed by atoms with van der Waals surface area (Å²) < 4.78 is 0. The molecule has 0 bridgehead atoms. The van der Waals surface area contributed by atoms with Crippen molar-refractivity contribution in [2.24, 2.45) is 0 Å². The van der Waals surface area contributed by atoms with Crippen LogP contribution in [0.1, 0.15) is 16.7 Å². The zero-order valence-electron chi connectivity index (χ0n) is 10.7. The van der Waals surface area contributed by atoms with E-state index in [0.29, 0.717) is 16.4 Å². The molecule has 7 heteroatoms. The summed E-state index contributed by atoms with van der Waals surface area (Å²) in [5, 5.41) is 11.7. The lowest BCUT2D eigenvalue weighted by Gasteiger charge is -2.07. The second-order valence-electron chi connectivity index (χ2n) is 4.06. The third-order valence-electron chi connectivity index (χ3n) is 2.75. The van der Waals surface area contributed by atoms with Gasteiger partial charge in [-0.05, 0) is 33.7 Å². The predicted octanol–water partition coefficient (Wildman–Crippen LogP) is 5.91. The van der Waals surface area contributed by atoms with E-state index in [9.17, 15) is 0 Å². The molecule has 1 unspecified atom stereocenters. The zero-order valence-corrected chi connectivity index (χ0v) is 15.4. The Hall–Kier alpha value is -0.680. The molecule has 108 valence electrons. The van der Waals surface area contributed by atoms with Gasteiger partial charge < -0.3 is 10.5 Å². The fourth-order valence-electron chi connectivity index (χ4n) is 1.72. The van der Waals surface area contributed by atoms with Gasteiger partial charge >= 0.3 is 0 Å². The number of halogens is 3. The minimum Gasteiger partial charge on any atom is -0.358 e. The van der Waals surface area contributed by atoms with E-state index in [-0.39, 0.29) is 0 Å². The topological polar surface area (TPSA) is 48.8 Å². The molecule has 1 aromatic carbocycles. The monoisotopic (exact) mass is 449 g/mol. The lowest BCUT2D eigenvalue weighted by atomic mass is 10.1. The Kier molecular flexibility index (Phi) is 6.42. The summed E-state index contributed by atoms with van der Waals surface area (Å²) >= 11 is 14.4. The van der Waals surface area contributed by atoms with Gasteiger partial charge in [-0.2, -0.15) is 0 Å². The average molecular weight is 450 g/mol. The highest BCUT2D eigenvalue weighted by molar-refractivity contribution is 14.2. The summed E-state index contributed by atoms with van der Waals surface area (Å²) in [5.74, 6) is 0. The molecule has 1 aromatic heterocycles. The molecular weight excluding hydrogens is 439 g/mol. The Bertz CT molecular complexity index is 672. The van der Waals surface area contributed by atoms with Gasteiger partial charge in [0.1, 0.15) is 0 Å². The number of aromatic nitrogens is 1. The van der Waals surface area contributed by atoms with Crippen LogP contribution in [0.15, 0.2) is 30.6 Å². The largest absolute Gasteiger partial charge is 0.358 e. The molecule has 0 spiro atoms. The summed E-state index contributed by atoms with van der Waals surface area (Å²) in [5.41, 5.74) is 3.54.